The SMILES string of the molecule is c1cncc(CN2CCN(c3nc4nonc4nc3N3CCOCC3)CC2)c1. The van der Waals surface area contributed by atoms with Gasteiger partial charge in [-0.1, -0.05) is 6.07 Å². The van der Waals surface area contributed by atoms with E-state index in [-0.39, 0.29) is 0 Å². The van der Waals surface area contributed by atoms with Crippen LogP contribution in [-0.4, -0.2) is 82.6 Å². The van der Waals surface area contributed by atoms with Crippen LogP contribution in [0.2, 0.25) is 0 Å². The largest absolute Gasteiger partial charge is 0.378 e. The van der Waals surface area contributed by atoms with E-state index in [9.17, 15) is 0 Å². The molecule has 3 aromatic heterocycles. The van der Waals surface area contributed by atoms with Crippen molar-refractivity contribution in [3.05, 3.63) is 30.1 Å². The summed E-state index contributed by atoms with van der Waals surface area (Å²) in [6.07, 6.45) is 3.74. The van der Waals surface area contributed by atoms with E-state index in [4.69, 9.17) is 19.3 Å². The van der Waals surface area contributed by atoms with Gasteiger partial charge in [0.2, 0.25) is 11.3 Å². The second kappa shape index (κ2) is 7.64. The quantitative estimate of drug-likeness (QED) is 0.637. The van der Waals surface area contributed by atoms with Crippen molar-refractivity contribution in [1.29, 1.82) is 0 Å². The van der Waals surface area contributed by atoms with Gasteiger partial charge in [0.05, 0.1) is 13.2 Å². The molecule has 0 amide bonds. The van der Waals surface area contributed by atoms with E-state index in [1.54, 1.807) is 0 Å². The average Bonchev–Trinajstić information content (AvgIpc) is 3.22. The molecule has 28 heavy (non-hydrogen) atoms. The summed E-state index contributed by atoms with van der Waals surface area (Å²) in [5.41, 5.74) is 2.13. The molecular weight excluding hydrogens is 360 g/mol. The van der Waals surface area contributed by atoms with E-state index in [1.807, 2.05) is 18.5 Å². The lowest BCUT2D eigenvalue weighted by molar-refractivity contribution is 0.122. The average molecular weight is 382 g/mol. The van der Waals surface area contributed by atoms with E-state index < -0.39 is 0 Å². The number of hydrogen-bond donors (Lipinski definition) is 0. The second-order valence-corrected chi connectivity index (χ2v) is 7.01. The highest BCUT2D eigenvalue weighted by Gasteiger charge is 2.26. The number of piperazine rings is 1. The summed E-state index contributed by atoms with van der Waals surface area (Å²) in [7, 11) is 0. The molecular formula is C18H22N8O2. The highest BCUT2D eigenvalue weighted by molar-refractivity contribution is 5.74. The van der Waals surface area contributed by atoms with Crippen molar-refractivity contribution in [2.45, 2.75) is 6.54 Å². The third kappa shape index (κ3) is 3.48. The molecule has 10 nitrogen and oxygen atoms in total. The summed E-state index contributed by atoms with van der Waals surface area (Å²) < 4.78 is 10.3. The molecule has 10 heteroatoms. The van der Waals surface area contributed by atoms with E-state index in [0.717, 1.165) is 57.4 Å². The number of anilines is 2. The molecule has 5 rings (SSSR count). The molecule has 3 aromatic rings. The fourth-order valence-corrected chi connectivity index (χ4v) is 3.69. The maximum Gasteiger partial charge on any atom is 0.245 e. The molecule has 2 fully saturated rings. The van der Waals surface area contributed by atoms with E-state index in [1.165, 1.54) is 5.56 Å². The zero-order valence-corrected chi connectivity index (χ0v) is 15.6. The van der Waals surface area contributed by atoms with Gasteiger partial charge < -0.3 is 14.5 Å². The van der Waals surface area contributed by atoms with Crippen molar-refractivity contribution in [2.75, 3.05) is 62.3 Å². The lowest BCUT2D eigenvalue weighted by atomic mass is 10.2. The Kier molecular flexibility index (Phi) is 4.71. The number of aromatic nitrogens is 5. The van der Waals surface area contributed by atoms with E-state index >= 15 is 0 Å². The summed E-state index contributed by atoms with van der Waals surface area (Å²) in [6.45, 7) is 7.54. The van der Waals surface area contributed by atoms with Crippen molar-refractivity contribution < 1.29 is 9.37 Å². The van der Waals surface area contributed by atoms with Gasteiger partial charge in [-0.2, -0.15) is 0 Å². The Morgan fingerprint density at radius 1 is 0.857 bits per heavy atom. The standard InChI is InChI=1S/C18H22N8O2/c1-2-14(12-19-3-1)13-24-4-6-25(7-5-24)17-18(26-8-10-27-11-9-26)21-16-15(20-17)22-28-23-16/h1-3,12H,4-11,13H2. The van der Waals surface area contributed by atoms with Crippen molar-refractivity contribution in [3.8, 4) is 0 Å². The van der Waals surface area contributed by atoms with Crippen LogP contribution in [0.15, 0.2) is 29.2 Å². The maximum absolute atomic E-state index is 5.49. The van der Waals surface area contributed by atoms with Crippen molar-refractivity contribution in [2.24, 2.45) is 0 Å². The van der Waals surface area contributed by atoms with Gasteiger partial charge in [0.1, 0.15) is 0 Å². The van der Waals surface area contributed by atoms with Crippen LogP contribution >= 0.6 is 0 Å². The van der Waals surface area contributed by atoms with Crippen molar-refractivity contribution in [3.63, 3.8) is 0 Å². The molecule has 5 heterocycles. The van der Waals surface area contributed by atoms with Gasteiger partial charge >= 0.3 is 0 Å². The van der Waals surface area contributed by atoms with Crippen molar-refractivity contribution >= 4 is 22.9 Å². The van der Waals surface area contributed by atoms with Crippen LogP contribution in [0.25, 0.3) is 11.3 Å². The van der Waals surface area contributed by atoms with Gasteiger partial charge in [0.15, 0.2) is 11.6 Å². The predicted molar refractivity (Wildman–Crippen MR) is 102 cm³/mol. The minimum Gasteiger partial charge on any atom is -0.378 e. The first-order valence-electron chi connectivity index (χ1n) is 9.56. The summed E-state index contributed by atoms with van der Waals surface area (Å²) in [5.74, 6) is 1.69. The fourth-order valence-electron chi connectivity index (χ4n) is 3.69. The second-order valence-electron chi connectivity index (χ2n) is 7.01. The molecule has 2 aliphatic heterocycles. The minimum atomic E-state index is 0.445. The molecule has 0 unspecified atom stereocenters. The van der Waals surface area contributed by atoms with Gasteiger partial charge in [-0.3, -0.25) is 9.88 Å². The number of fused-ring (bicyclic) bond motifs is 1. The molecule has 2 saturated heterocycles. The lowest BCUT2D eigenvalue weighted by Gasteiger charge is -2.37. The van der Waals surface area contributed by atoms with Gasteiger partial charge in [0, 0.05) is 58.2 Å². The molecule has 0 aliphatic carbocycles. The van der Waals surface area contributed by atoms with Gasteiger partial charge in [-0.15, -0.1) is 0 Å². The number of nitrogens with zero attached hydrogens (tertiary/aromatic N) is 8. The summed E-state index contributed by atoms with van der Waals surface area (Å²) in [4.78, 5) is 20.6. The van der Waals surface area contributed by atoms with Crippen LogP contribution in [0.1, 0.15) is 5.56 Å². The van der Waals surface area contributed by atoms with Crippen LogP contribution in [0, 0.1) is 0 Å². The molecule has 0 atom stereocenters. The fraction of sp³-hybridized carbons (Fsp3) is 0.500. The van der Waals surface area contributed by atoms with Crippen molar-refractivity contribution in [1.82, 2.24) is 30.2 Å². The molecule has 0 radical (unpaired) electrons. The van der Waals surface area contributed by atoms with Gasteiger partial charge in [-0.25, -0.2) is 14.6 Å². The Morgan fingerprint density at radius 3 is 2.18 bits per heavy atom. The monoisotopic (exact) mass is 382 g/mol. The molecule has 2 aliphatic rings. The zero-order valence-electron chi connectivity index (χ0n) is 15.6. The Balaban J connectivity index is 1.35. The summed E-state index contributed by atoms with van der Waals surface area (Å²) in [5, 5.41) is 7.75. The third-order valence-electron chi connectivity index (χ3n) is 5.19. The molecule has 0 saturated carbocycles. The molecule has 0 aromatic carbocycles. The molecule has 0 bridgehead atoms. The Morgan fingerprint density at radius 2 is 1.54 bits per heavy atom. The molecule has 146 valence electrons. The molecule has 0 N–H and O–H groups in total. The number of pyridine rings is 1. The van der Waals surface area contributed by atoms with E-state index in [2.05, 4.69) is 36.1 Å². The van der Waals surface area contributed by atoms with Crippen LogP contribution in [-0.2, 0) is 11.3 Å². The highest BCUT2D eigenvalue weighted by Crippen LogP contribution is 2.28. The predicted octanol–water partition coefficient (Wildman–Crippen LogP) is 0.567. The molecule has 0 spiro atoms. The van der Waals surface area contributed by atoms with Crippen LogP contribution in [0.5, 0.6) is 0 Å². The minimum absolute atomic E-state index is 0.445. The Labute approximate surface area is 162 Å². The topological polar surface area (TPSA) is 96.5 Å². The maximum atomic E-state index is 5.49. The van der Waals surface area contributed by atoms with E-state index in [0.29, 0.717) is 24.5 Å². The summed E-state index contributed by atoms with van der Waals surface area (Å²) in [6, 6.07) is 4.10. The first-order valence-corrected chi connectivity index (χ1v) is 9.56. The number of morpholine rings is 1. The highest BCUT2D eigenvalue weighted by atomic mass is 16.6. The Bertz CT molecular complexity index is 920. The smallest absolute Gasteiger partial charge is 0.245 e. The number of rotatable bonds is 4. The van der Waals surface area contributed by atoms with Gasteiger partial charge in [0.25, 0.3) is 0 Å². The first kappa shape index (κ1) is 17.3. The number of ether oxygens (including phenoxy) is 1. The summed E-state index contributed by atoms with van der Waals surface area (Å²) >= 11 is 0. The normalized spacial score (nSPS) is 18.7. The van der Waals surface area contributed by atoms with Crippen LogP contribution in [0.3, 0.4) is 0 Å². The third-order valence-corrected chi connectivity index (χ3v) is 5.19. The number of hydrogen-bond acceptors (Lipinski definition) is 10. The first-order chi connectivity index (χ1) is 13.9. The van der Waals surface area contributed by atoms with Crippen LogP contribution in [0.4, 0.5) is 11.6 Å². The zero-order chi connectivity index (χ0) is 18.8. The Hall–Kier alpha value is -2.85. The van der Waals surface area contributed by atoms with Gasteiger partial charge in [-0.05, 0) is 21.9 Å². The lowest BCUT2D eigenvalue weighted by Crippen LogP contribution is -2.47. The van der Waals surface area contributed by atoms with Crippen LogP contribution < -0.4 is 9.80 Å².